The standard InChI is InChI=1S/C22H35FN4O2/c1-2-24-22(25-10-5-15-29-18-19-8-16-28-17-9-19)27-13-11-26(12-14-27)21-7-4-3-6-20(21)23/h3-4,6-7,19H,2,5,8-18H2,1H3,(H,24,25). The highest BCUT2D eigenvalue weighted by atomic mass is 19.1. The molecule has 1 aromatic rings. The molecule has 162 valence electrons. The maximum absolute atomic E-state index is 14.0. The van der Waals surface area contributed by atoms with Crippen LogP contribution in [-0.2, 0) is 9.47 Å². The Bertz CT molecular complexity index is 629. The molecule has 0 bridgehead atoms. The number of benzene rings is 1. The van der Waals surface area contributed by atoms with Crippen LogP contribution in [0.2, 0.25) is 0 Å². The molecule has 2 saturated heterocycles. The lowest BCUT2D eigenvalue weighted by Crippen LogP contribution is -2.52. The van der Waals surface area contributed by atoms with Crippen molar-refractivity contribution in [1.29, 1.82) is 0 Å². The third-order valence-electron chi connectivity index (χ3n) is 5.51. The quantitative estimate of drug-likeness (QED) is 0.409. The number of nitrogens with zero attached hydrogens (tertiary/aromatic N) is 3. The predicted molar refractivity (Wildman–Crippen MR) is 115 cm³/mol. The molecule has 0 radical (unpaired) electrons. The van der Waals surface area contributed by atoms with Gasteiger partial charge in [0, 0.05) is 65.7 Å². The van der Waals surface area contributed by atoms with Gasteiger partial charge in [0.15, 0.2) is 5.96 Å². The number of nitrogens with one attached hydrogen (secondary N) is 1. The van der Waals surface area contributed by atoms with E-state index in [0.29, 0.717) is 11.6 Å². The van der Waals surface area contributed by atoms with Crippen molar-refractivity contribution in [1.82, 2.24) is 10.2 Å². The largest absolute Gasteiger partial charge is 0.381 e. The Labute approximate surface area is 174 Å². The average Bonchev–Trinajstić information content (AvgIpc) is 2.77. The first-order valence-electron chi connectivity index (χ1n) is 11.0. The number of guanidine groups is 1. The summed E-state index contributed by atoms with van der Waals surface area (Å²) in [5.74, 6) is 1.45. The average molecular weight is 407 g/mol. The molecule has 1 aromatic carbocycles. The van der Waals surface area contributed by atoms with E-state index in [1.54, 1.807) is 6.07 Å². The molecular formula is C22H35FN4O2. The fourth-order valence-corrected chi connectivity index (χ4v) is 3.81. The lowest BCUT2D eigenvalue weighted by molar-refractivity contribution is 0.0205. The second-order valence-corrected chi connectivity index (χ2v) is 7.65. The number of ether oxygens (including phenoxy) is 2. The zero-order valence-corrected chi connectivity index (χ0v) is 17.6. The van der Waals surface area contributed by atoms with Gasteiger partial charge in [-0.05, 0) is 44.2 Å². The molecule has 0 spiro atoms. The minimum absolute atomic E-state index is 0.151. The molecular weight excluding hydrogens is 371 g/mol. The monoisotopic (exact) mass is 406 g/mol. The van der Waals surface area contributed by atoms with Gasteiger partial charge in [-0.1, -0.05) is 12.1 Å². The Kier molecular flexibility index (Phi) is 9.02. The van der Waals surface area contributed by atoms with Crippen molar-refractivity contribution >= 4 is 11.6 Å². The van der Waals surface area contributed by atoms with E-state index >= 15 is 0 Å². The molecule has 0 saturated carbocycles. The molecule has 6 nitrogen and oxygen atoms in total. The molecule has 7 heteroatoms. The first-order chi connectivity index (χ1) is 14.3. The van der Waals surface area contributed by atoms with Crippen molar-refractivity contribution in [3.8, 4) is 0 Å². The number of hydrogen-bond acceptors (Lipinski definition) is 4. The number of hydrogen-bond donors (Lipinski definition) is 1. The Hall–Kier alpha value is -1.86. The fourth-order valence-electron chi connectivity index (χ4n) is 3.81. The maximum Gasteiger partial charge on any atom is 0.194 e. The van der Waals surface area contributed by atoms with E-state index in [1.165, 1.54) is 6.07 Å². The van der Waals surface area contributed by atoms with Crippen LogP contribution in [0.3, 0.4) is 0 Å². The number of anilines is 1. The zero-order chi connectivity index (χ0) is 20.3. The summed E-state index contributed by atoms with van der Waals surface area (Å²) in [5, 5.41) is 3.39. The lowest BCUT2D eigenvalue weighted by Gasteiger charge is -2.37. The van der Waals surface area contributed by atoms with Gasteiger partial charge in [0.05, 0.1) is 5.69 Å². The van der Waals surface area contributed by atoms with E-state index in [0.717, 1.165) is 90.9 Å². The second kappa shape index (κ2) is 12.0. The van der Waals surface area contributed by atoms with Gasteiger partial charge in [0.1, 0.15) is 5.82 Å². The summed E-state index contributed by atoms with van der Waals surface area (Å²) >= 11 is 0. The van der Waals surface area contributed by atoms with Crippen LogP contribution in [0, 0.1) is 11.7 Å². The minimum atomic E-state index is -0.151. The van der Waals surface area contributed by atoms with Crippen LogP contribution in [0.4, 0.5) is 10.1 Å². The number of aliphatic imine (C=N–C) groups is 1. The van der Waals surface area contributed by atoms with Crippen LogP contribution in [0.15, 0.2) is 29.3 Å². The summed E-state index contributed by atoms with van der Waals surface area (Å²) in [6, 6.07) is 7.00. The van der Waals surface area contributed by atoms with Crippen LogP contribution in [0.5, 0.6) is 0 Å². The minimum Gasteiger partial charge on any atom is -0.381 e. The van der Waals surface area contributed by atoms with Crippen LogP contribution < -0.4 is 10.2 Å². The first-order valence-corrected chi connectivity index (χ1v) is 11.0. The molecule has 3 rings (SSSR count). The highest BCUT2D eigenvalue weighted by Crippen LogP contribution is 2.20. The topological polar surface area (TPSA) is 49.3 Å². The van der Waals surface area contributed by atoms with Crippen LogP contribution in [0.25, 0.3) is 0 Å². The molecule has 0 atom stereocenters. The van der Waals surface area contributed by atoms with E-state index < -0.39 is 0 Å². The Balaban J connectivity index is 1.39. The van der Waals surface area contributed by atoms with Gasteiger partial charge in [-0.2, -0.15) is 0 Å². The molecule has 0 aliphatic carbocycles. The molecule has 29 heavy (non-hydrogen) atoms. The van der Waals surface area contributed by atoms with Gasteiger partial charge < -0.3 is 24.6 Å². The normalized spacial score (nSPS) is 18.9. The van der Waals surface area contributed by atoms with Gasteiger partial charge in [-0.3, -0.25) is 4.99 Å². The molecule has 2 fully saturated rings. The number of rotatable bonds is 8. The first kappa shape index (κ1) is 21.8. The number of halogens is 1. The van der Waals surface area contributed by atoms with Gasteiger partial charge >= 0.3 is 0 Å². The van der Waals surface area contributed by atoms with Crippen LogP contribution in [0.1, 0.15) is 26.2 Å². The second-order valence-electron chi connectivity index (χ2n) is 7.65. The van der Waals surface area contributed by atoms with Crippen molar-refractivity contribution in [3.05, 3.63) is 30.1 Å². The van der Waals surface area contributed by atoms with Crippen molar-refractivity contribution in [2.75, 3.05) is 70.6 Å². The van der Waals surface area contributed by atoms with Crippen molar-refractivity contribution in [2.24, 2.45) is 10.9 Å². The predicted octanol–water partition coefficient (Wildman–Crippen LogP) is 2.75. The Morgan fingerprint density at radius 2 is 1.97 bits per heavy atom. The molecule has 0 unspecified atom stereocenters. The van der Waals surface area contributed by atoms with Gasteiger partial charge in [-0.25, -0.2) is 4.39 Å². The van der Waals surface area contributed by atoms with Crippen LogP contribution in [-0.4, -0.2) is 76.6 Å². The van der Waals surface area contributed by atoms with E-state index in [9.17, 15) is 4.39 Å². The summed E-state index contributed by atoms with van der Waals surface area (Å²) < 4.78 is 25.2. The van der Waals surface area contributed by atoms with Crippen molar-refractivity contribution < 1.29 is 13.9 Å². The third kappa shape index (κ3) is 6.85. The lowest BCUT2D eigenvalue weighted by atomic mass is 10.0. The summed E-state index contributed by atoms with van der Waals surface area (Å²) in [4.78, 5) is 9.15. The van der Waals surface area contributed by atoms with E-state index in [4.69, 9.17) is 14.5 Å². The molecule has 2 aliphatic rings. The smallest absolute Gasteiger partial charge is 0.194 e. The molecule has 1 N–H and O–H groups in total. The highest BCUT2D eigenvalue weighted by molar-refractivity contribution is 5.80. The summed E-state index contributed by atoms with van der Waals surface area (Å²) in [6.07, 6.45) is 3.15. The maximum atomic E-state index is 14.0. The van der Waals surface area contributed by atoms with E-state index in [1.807, 2.05) is 12.1 Å². The van der Waals surface area contributed by atoms with E-state index in [2.05, 4.69) is 22.0 Å². The molecule has 0 aromatic heterocycles. The molecule has 2 aliphatic heterocycles. The van der Waals surface area contributed by atoms with Crippen molar-refractivity contribution in [2.45, 2.75) is 26.2 Å². The SMILES string of the molecule is CCNC(=NCCCOCC1CCOCC1)N1CCN(c2ccccc2F)CC1. The number of para-hydroxylation sites is 1. The third-order valence-corrected chi connectivity index (χ3v) is 5.51. The Morgan fingerprint density at radius 3 is 2.69 bits per heavy atom. The highest BCUT2D eigenvalue weighted by Gasteiger charge is 2.21. The van der Waals surface area contributed by atoms with E-state index in [-0.39, 0.29) is 5.82 Å². The van der Waals surface area contributed by atoms with Gasteiger partial charge in [0.25, 0.3) is 0 Å². The number of piperazine rings is 1. The zero-order valence-electron chi connectivity index (χ0n) is 17.6. The summed E-state index contributed by atoms with van der Waals surface area (Å²) in [6.45, 7) is 10.3. The molecule has 0 amide bonds. The summed E-state index contributed by atoms with van der Waals surface area (Å²) in [7, 11) is 0. The van der Waals surface area contributed by atoms with Gasteiger partial charge in [-0.15, -0.1) is 0 Å². The van der Waals surface area contributed by atoms with Gasteiger partial charge in [0.2, 0.25) is 0 Å². The molecule has 2 heterocycles. The fraction of sp³-hybridized carbons (Fsp3) is 0.682. The van der Waals surface area contributed by atoms with Crippen molar-refractivity contribution in [3.63, 3.8) is 0 Å². The Morgan fingerprint density at radius 1 is 1.21 bits per heavy atom. The summed E-state index contributed by atoms with van der Waals surface area (Å²) in [5.41, 5.74) is 0.691. The van der Waals surface area contributed by atoms with Crippen LogP contribution >= 0.6 is 0 Å².